The van der Waals surface area contributed by atoms with Crippen molar-refractivity contribution in [2.75, 3.05) is 26.8 Å². The molecular weight excluding hydrogens is 372 g/mol. The zero-order valence-corrected chi connectivity index (χ0v) is 19.4. The quantitative estimate of drug-likeness (QED) is 0.379. The number of rotatable bonds is 12. The Kier molecular flexibility index (Phi) is 11.8. The molecule has 0 rings (SSSR count). The van der Waals surface area contributed by atoms with Crippen LogP contribution in [0.1, 0.15) is 61.3 Å². The van der Waals surface area contributed by atoms with Crippen LogP contribution in [-0.2, 0) is 19.1 Å². The van der Waals surface area contributed by atoms with E-state index in [1.165, 1.54) is 4.90 Å². The second-order valence-electron chi connectivity index (χ2n) is 8.38. The van der Waals surface area contributed by atoms with Crippen molar-refractivity contribution in [3.63, 3.8) is 0 Å². The molecule has 0 aliphatic carbocycles. The van der Waals surface area contributed by atoms with E-state index in [1.807, 2.05) is 34.6 Å². The first-order valence-corrected chi connectivity index (χ1v) is 10.5. The van der Waals surface area contributed by atoms with Gasteiger partial charge in [-0.2, -0.15) is 0 Å². The van der Waals surface area contributed by atoms with Gasteiger partial charge in [0, 0.05) is 12.6 Å². The van der Waals surface area contributed by atoms with Crippen LogP contribution in [0.2, 0.25) is 0 Å². The van der Waals surface area contributed by atoms with Gasteiger partial charge in [-0.15, -0.1) is 0 Å². The summed E-state index contributed by atoms with van der Waals surface area (Å²) in [5.74, 6) is -0.670. The van der Waals surface area contributed by atoms with E-state index in [0.29, 0.717) is 18.4 Å². The third kappa shape index (κ3) is 8.17. The van der Waals surface area contributed by atoms with Gasteiger partial charge in [0.05, 0.1) is 31.2 Å². The number of ether oxygens (including phenoxy) is 1. The maximum Gasteiger partial charge on any atom is 0.333 e. The Morgan fingerprint density at radius 1 is 1.17 bits per heavy atom. The van der Waals surface area contributed by atoms with Gasteiger partial charge in [0.15, 0.2) is 0 Å². The second-order valence-corrected chi connectivity index (χ2v) is 8.38. The van der Waals surface area contributed by atoms with Gasteiger partial charge in [-0.1, -0.05) is 40.7 Å². The van der Waals surface area contributed by atoms with Gasteiger partial charge in [0.2, 0.25) is 11.8 Å². The predicted molar refractivity (Wildman–Crippen MR) is 114 cm³/mol. The van der Waals surface area contributed by atoms with Crippen molar-refractivity contribution < 1.29 is 24.2 Å². The fraction of sp³-hybridized carbons (Fsp3) is 0.773. The number of hydrogen-bond donors (Lipinski definition) is 2. The van der Waals surface area contributed by atoms with Crippen molar-refractivity contribution in [3.05, 3.63) is 11.6 Å². The standard InChI is InChI=1S/C22H40N2O5/c1-9-22(14-25,12-15(3)4)21(28)23-13-19(26)24(8)18(16(5)6)11-17(7)20(27)29-10-2/h11,15-16,18,25H,9-10,12-14H2,1-8H3,(H,23,28)/b17-11+/t18-,22?/m1/s1. The molecule has 0 aromatic heterocycles. The van der Waals surface area contributed by atoms with Crippen molar-refractivity contribution in [3.8, 4) is 0 Å². The molecule has 0 saturated carbocycles. The number of carbonyl (C=O) groups excluding carboxylic acids is 3. The van der Waals surface area contributed by atoms with E-state index < -0.39 is 11.4 Å². The molecule has 0 spiro atoms. The van der Waals surface area contributed by atoms with Gasteiger partial charge >= 0.3 is 5.97 Å². The first kappa shape index (κ1) is 27.1. The molecule has 0 aromatic rings. The summed E-state index contributed by atoms with van der Waals surface area (Å²) in [6.45, 7) is 13.0. The fourth-order valence-electron chi connectivity index (χ4n) is 3.38. The highest BCUT2D eigenvalue weighted by Crippen LogP contribution is 2.30. The highest BCUT2D eigenvalue weighted by Gasteiger charge is 2.37. The summed E-state index contributed by atoms with van der Waals surface area (Å²) < 4.78 is 5.01. The van der Waals surface area contributed by atoms with E-state index in [9.17, 15) is 19.5 Å². The van der Waals surface area contributed by atoms with Crippen LogP contribution in [0.15, 0.2) is 11.6 Å². The molecule has 0 heterocycles. The summed E-state index contributed by atoms with van der Waals surface area (Å²) in [5, 5.41) is 12.5. The van der Waals surface area contributed by atoms with E-state index in [-0.39, 0.29) is 49.5 Å². The average Bonchev–Trinajstić information content (AvgIpc) is 2.66. The predicted octanol–water partition coefficient (Wildman–Crippen LogP) is 2.53. The summed E-state index contributed by atoms with van der Waals surface area (Å²) in [4.78, 5) is 38.8. The summed E-state index contributed by atoms with van der Waals surface area (Å²) in [6, 6.07) is -0.312. The third-order valence-electron chi connectivity index (χ3n) is 5.20. The van der Waals surface area contributed by atoms with Crippen LogP contribution in [0.3, 0.4) is 0 Å². The highest BCUT2D eigenvalue weighted by molar-refractivity contribution is 5.89. The first-order chi connectivity index (χ1) is 13.4. The van der Waals surface area contributed by atoms with Crippen molar-refractivity contribution in [1.29, 1.82) is 0 Å². The minimum atomic E-state index is -0.884. The normalized spacial score (nSPS) is 15.1. The summed E-state index contributed by atoms with van der Waals surface area (Å²) in [7, 11) is 1.65. The smallest absolute Gasteiger partial charge is 0.333 e. The van der Waals surface area contributed by atoms with Crippen LogP contribution in [0.25, 0.3) is 0 Å². The van der Waals surface area contributed by atoms with Crippen LogP contribution < -0.4 is 5.32 Å². The van der Waals surface area contributed by atoms with Gasteiger partial charge in [-0.3, -0.25) is 9.59 Å². The number of likely N-dealkylation sites (N-methyl/N-ethyl adjacent to an activating group) is 1. The number of hydrogen-bond acceptors (Lipinski definition) is 5. The summed E-state index contributed by atoms with van der Waals surface area (Å²) >= 11 is 0. The molecule has 168 valence electrons. The minimum Gasteiger partial charge on any atom is -0.463 e. The minimum absolute atomic E-state index is 0.0668. The first-order valence-electron chi connectivity index (χ1n) is 10.5. The Morgan fingerprint density at radius 2 is 1.76 bits per heavy atom. The molecule has 0 aliphatic rings. The molecule has 7 nitrogen and oxygen atoms in total. The highest BCUT2D eigenvalue weighted by atomic mass is 16.5. The lowest BCUT2D eigenvalue weighted by Gasteiger charge is -2.32. The van der Waals surface area contributed by atoms with Crippen molar-refractivity contribution in [2.24, 2.45) is 17.3 Å². The molecule has 0 aliphatic heterocycles. The largest absolute Gasteiger partial charge is 0.463 e. The number of nitrogens with zero attached hydrogens (tertiary/aromatic N) is 1. The van der Waals surface area contributed by atoms with Gasteiger partial charge in [-0.25, -0.2) is 4.79 Å². The van der Waals surface area contributed by atoms with E-state index in [4.69, 9.17) is 4.74 Å². The number of aliphatic hydroxyl groups is 1. The summed E-state index contributed by atoms with van der Waals surface area (Å²) in [5.41, 5.74) is -0.443. The van der Waals surface area contributed by atoms with Crippen molar-refractivity contribution in [1.82, 2.24) is 10.2 Å². The Morgan fingerprint density at radius 3 is 2.17 bits per heavy atom. The molecule has 1 unspecified atom stereocenters. The monoisotopic (exact) mass is 412 g/mol. The molecule has 7 heteroatoms. The number of carbonyl (C=O) groups is 3. The lowest BCUT2D eigenvalue weighted by atomic mass is 9.77. The van der Waals surface area contributed by atoms with Gasteiger partial charge in [0.1, 0.15) is 0 Å². The molecule has 2 amide bonds. The van der Waals surface area contributed by atoms with Gasteiger partial charge in [-0.05, 0) is 38.5 Å². The third-order valence-corrected chi connectivity index (χ3v) is 5.20. The lowest BCUT2D eigenvalue weighted by molar-refractivity contribution is -0.139. The maximum atomic E-state index is 12.7. The van der Waals surface area contributed by atoms with Crippen LogP contribution in [0.4, 0.5) is 0 Å². The van der Waals surface area contributed by atoms with Crippen molar-refractivity contribution in [2.45, 2.75) is 67.3 Å². The molecule has 0 bridgehead atoms. The zero-order valence-electron chi connectivity index (χ0n) is 19.4. The Bertz CT molecular complexity index is 580. The Labute approximate surface area is 175 Å². The zero-order chi connectivity index (χ0) is 22.8. The molecule has 0 aromatic carbocycles. The van der Waals surface area contributed by atoms with E-state index in [0.717, 1.165) is 0 Å². The lowest BCUT2D eigenvalue weighted by Crippen LogP contribution is -2.49. The van der Waals surface area contributed by atoms with Crippen LogP contribution in [0.5, 0.6) is 0 Å². The van der Waals surface area contributed by atoms with Crippen LogP contribution >= 0.6 is 0 Å². The second kappa shape index (κ2) is 12.6. The van der Waals surface area contributed by atoms with Crippen LogP contribution in [0, 0.1) is 17.3 Å². The number of amides is 2. The average molecular weight is 413 g/mol. The van der Waals surface area contributed by atoms with Crippen molar-refractivity contribution >= 4 is 17.8 Å². The van der Waals surface area contributed by atoms with E-state index in [1.54, 1.807) is 27.0 Å². The molecule has 29 heavy (non-hydrogen) atoms. The SMILES string of the molecule is CCOC(=O)/C(C)=C/[C@H](C(C)C)N(C)C(=O)CNC(=O)C(CC)(CO)CC(C)C. The summed E-state index contributed by atoms with van der Waals surface area (Å²) in [6.07, 6.45) is 2.77. The topological polar surface area (TPSA) is 95.9 Å². The molecule has 0 radical (unpaired) electrons. The number of aliphatic hydroxyl groups excluding tert-OH is 1. The van der Waals surface area contributed by atoms with E-state index >= 15 is 0 Å². The maximum absolute atomic E-state index is 12.7. The van der Waals surface area contributed by atoms with Gasteiger partial charge in [0.25, 0.3) is 0 Å². The van der Waals surface area contributed by atoms with Crippen LogP contribution in [-0.4, -0.2) is 60.6 Å². The van der Waals surface area contributed by atoms with Gasteiger partial charge < -0.3 is 20.1 Å². The molecular formula is C22H40N2O5. The van der Waals surface area contributed by atoms with E-state index in [2.05, 4.69) is 5.32 Å². The molecule has 0 fully saturated rings. The molecule has 2 atom stereocenters. The Balaban J connectivity index is 5.23. The molecule has 2 N–H and O–H groups in total. The number of esters is 1. The fourth-order valence-corrected chi connectivity index (χ4v) is 3.38. The Hall–Kier alpha value is -1.89. The number of nitrogens with one attached hydrogen (secondary N) is 1. The molecule has 0 saturated heterocycles.